The molecule has 0 saturated heterocycles. The molecule has 0 aliphatic rings. The Bertz CT molecular complexity index is 478. The van der Waals surface area contributed by atoms with Crippen LogP contribution in [0.4, 0.5) is 0 Å². The minimum absolute atomic E-state index is 0.136. The number of hydrogen-bond acceptors (Lipinski definition) is 1. The van der Waals surface area contributed by atoms with E-state index < -0.39 is 8.07 Å². The third kappa shape index (κ3) is 23.0. The van der Waals surface area contributed by atoms with Gasteiger partial charge in [0.2, 0.25) is 5.78 Å². The fourth-order valence-electron chi connectivity index (χ4n) is 2.87. The van der Waals surface area contributed by atoms with Crippen molar-refractivity contribution in [3.63, 3.8) is 0 Å². The van der Waals surface area contributed by atoms with Gasteiger partial charge in [0.05, 0.1) is 0 Å². The summed E-state index contributed by atoms with van der Waals surface area (Å²) in [6, 6.07) is 0. The molecule has 27 heavy (non-hydrogen) atoms. The summed E-state index contributed by atoms with van der Waals surface area (Å²) < 4.78 is 0. The number of carbonyl (C=O) groups excluding carboxylic acids is 1. The van der Waals surface area contributed by atoms with Gasteiger partial charge in [-0.05, 0) is 25.2 Å². The number of Topliss-reactive ketones (excluding diaryl/α,β-unsaturated/α-hetero) is 1. The zero-order valence-electron chi connectivity index (χ0n) is 18.7. The zero-order chi connectivity index (χ0) is 20.2. The van der Waals surface area contributed by atoms with Gasteiger partial charge < -0.3 is 0 Å². The molecule has 0 aromatic heterocycles. The van der Waals surface area contributed by atoms with Gasteiger partial charge in [0.15, 0.2) is 0 Å². The Morgan fingerprint density at radius 2 is 1.11 bits per heavy atom. The number of hydrogen-bond donors (Lipinski definition) is 0. The van der Waals surface area contributed by atoms with Crippen molar-refractivity contribution < 1.29 is 4.79 Å². The molecule has 0 rings (SSSR count). The second kappa shape index (κ2) is 18.4. The van der Waals surface area contributed by atoms with Crippen molar-refractivity contribution in [2.24, 2.45) is 0 Å². The lowest BCUT2D eigenvalue weighted by Crippen LogP contribution is -2.17. The molecule has 1 nitrogen and oxygen atoms in total. The molecule has 0 spiro atoms. The first kappa shape index (κ1) is 26.0. The Balaban J connectivity index is 3.33. The highest BCUT2D eigenvalue weighted by atomic mass is 28.3. The highest BCUT2D eigenvalue weighted by Gasteiger charge is 2.08. The topological polar surface area (TPSA) is 17.1 Å². The summed E-state index contributed by atoms with van der Waals surface area (Å²) in [4.78, 5) is 11.7. The molecule has 0 fully saturated rings. The third-order valence-corrected chi connectivity index (χ3v) is 5.44. The molecule has 0 radical (unpaired) electrons. The summed E-state index contributed by atoms with van der Waals surface area (Å²) in [5.41, 5.74) is 3.16. The Morgan fingerprint density at radius 1 is 0.667 bits per heavy atom. The molecule has 0 unspecified atom stereocenters. The van der Waals surface area contributed by atoms with E-state index in [0.29, 0.717) is 6.42 Å². The van der Waals surface area contributed by atoms with Crippen molar-refractivity contribution in [1.82, 2.24) is 0 Å². The fourth-order valence-corrected chi connectivity index (χ4v) is 3.39. The number of unbranched alkanes of at least 4 members (excludes halogenated alkanes) is 13. The lowest BCUT2D eigenvalue weighted by Gasteiger charge is -2.03. The van der Waals surface area contributed by atoms with Gasteiger partial charge in [-0.2, -0.15) is 0 Å². The van der Waals surface area contributed by atoms with Crippen molar-refractivity contribution in [2.45, 2.75) is 129 Å². The Hall–Kier alpha value is -0.993. The van der Waals surface area contributed by atoms with Gasteiger partial charge in [0.1, 0.15) is 8.07 Å². The monoisotopic (exact) mass is 388 g/mol. The van der Waals surface area contributed by atoms with E-state index in [9.17, 15) is 4.79 Å². The number of carbonyl (C=O) groups is 1. The smallest absolute Gasteiger partial charge is 0.204 e. The van der Waals surface area contributed by atoms with Crippen LogP contribution in [0.1, 0.15) is 110 Å². The molecular weight excluding hydrogens is 344 g/mol. The van der Waals surface area contributed by atoms with Gasteiger partial charge in [0, 0.05) is 19.3 Å². The van der Waals surface area contributed by atoms with Crippen molar-refractivity contribution in [3.05, 3.63) is 0 Å². The van der Waals surface area contributed by atoms with Gasteiger partial charge in [-0.1, -0.05) is 90.8 Å². The van der Waals surface area contributed by atoms with Gasteiger partial charge in [0.25, 0.3) is 0 Å². The van der Waals surface area contributed by atoms with Crippen LogP contribution in [-0.2, 0) is 4.79 Å². The van der Waals surface area contributed by atoms with Crippen LogP contribution in [0.15, 0.2) is 0 Å². The van der Waals surface area contributed by atoms with Crippen LogP contribution in [0, 0.1) is 23.3 Å². The van der Waals surface area contributed by atoms with Crippen LogP contribution in [0.2, 0.25) is 19.6 Å². The molecule has 154 valence electrons. The third-order valence-electron chi connectivity index (χ3n) is 4.56. The van der Waals surface area contributed by atoms with E-state index in [1.54, 1.807) is 0 Å². The quantitative estimate of drug-likeness (QED) is 0.159. The lowest BCUT2D eigenvalue weighted by atomic mass is 10.1. The summed E-state index contributed by atoms with van der Waals surface area (Å²) in [5, 5.41) is 0. The van der Waals surface area contributed by atoms with Gasteiger partial charge in [-0.15, -0.1) is 17.4 Å². The summed E-state index contributed by atoms with van der Waals surface area (Å²) in [6.07, 6.45) is 19.5. The number of ketones is 1. The van der Waals surface area contributed by atoms with Crippen molar-refractivity contribution >= 4 is 13.9 Å². The minimum Gasteiger partial charge on any atom is -0.285 e. The van der Waals surface area contributed by atoms with E-state index in [2.05, 4.69) is 49.9 Å². The van der Waals surface area contributed by atoms with E-state index >= 15 is 0 Å². The maximum Gasteiger partial charge on any atom is 0.204 e. The molecule has 0 saturated carbocycles. The van der Waals surface area contributed by atoms with Crippen molar-refractivity contribution in [3.8, 4) is 23.3 Å². The molecular formula is C25H44OSi. The molecule has 0 aromatic carbocycles. The van der Waals surface area contributed by atoms with Crippen LogP contribution in [0.5, 0.6) is 0 Å². The summed E-state index contributed by atoms with van der Waals surface area (Å²) in [5.74, 6) is 9.64. The maximum absolute atomic E-state index is 11.7. The Morgan fingerprint density at radius 3 is 1.59 bits per heavy atom. The van der Waals surface area contributed by atoms with Gasteiger partial charge >= 0.3 is 0 Å². The highest BCUT2D eigenvalue weighted by Crippen LogP contribution is 2.10. The van der Waals surface area contributed by atoms with E-state index in [-0.39, 0.29) is 5.78 Å². The molecule has 0 atom stereocenters. The second-order valence-corrected chi connectivity index (χ2v) is 13.5. The Kier molecular flexibility index (Phi) is 17.7. The summed E-state index contributed by atoms with van der Waals surface area (Å²) in [6.45, 7) is 8.79. The van der Waals surface area contributed by atoms with Gasteiger partial charge in [-0.3, -0.25) is 4.79 Å². The Labute approximate surface area is 171 Å². The van der Waals surface area contributed by atoms with E-state index in [1.807, 2.05) is 0 Å². The SMILES string of the molecule is CCCCCCCCC#CCCCCCCCCCC(=O)C#C[Si](C)(C)C. The largest absolute Gasteiger partial charge is 0.285 e. The van der Waals surface area contributed by atoms with E-state index in [0.717, 1.165) is 19.3 Å². The normalized spacial score (nSPS) is 10.7. The maximum atomic E-state index is 11.7. The average Bonchev–Trinajstić information content (AvgIpc) is 2.62. The minimum atomic E-state index is -1.40. The first-order chi connectivity index (χ1) is 13.0. The number of rotatable bonds is 15. The van der Waals surface area contributed by atoms with Crippen LogP contribution in [0.25, 0.3) is 0 Å². The van der Waals surface area contributed by atoms with E-state index in [1.165, 1.54) is 77.0 Å². The highest BCUT2D eigenvalue weighted by molar-refractivity contribution is 6.84. The molecule has 0 aliphatic heterocycles. The summed E-state index contributed by atoms with van der Waals surface area (Å²) >= 11 is 0. The predicted octanol–water partition coefficient (Wildman–Crippen LogP) is 7.70. The molecule has 0 bridgehead atoms. The summed E-state index contributed by atoms with van der Waals surface area (Å²) in [7, 11) is -1.40. The van der Waals surface area contributed by atoms with E-state index in [4.69, 9.17) is 0 Å². The standard InChI is InChI=1S/C25H44OSi/c1-5-6-7-8-9-10-11-12-13-14-15-16-17-18-19-20-21-22-25(26)23-24-27(2,3)4/h5-11,14-22H2,1-4H3. The van der Waals surface area contributed by atoms with Crippen molar-refractivity contribution in [1.29, 1.82) is 0 Å². The first-order valence-corrected chi connectivity index (χ1v) is 15.0. The second-order valence-electron chi connectivity index (χ2n) is 8.77. The molecule has 0 amide bonds. The zero-order valence-corrected chi connectivity index (χ0v) is 19.7. The van der Waals surface area contributed by atoms with Crippen LogP contribution in [0.3, 0.4) is 0 Å². The van der Waals surface area contributed by atoms with Crippen molar-refractivity contribution in [2.75, 3.05) is 0 Å². The fraction of sp³-hybridized carbons (Fsp3) is 0.800. The van der Waals surface area contributed by atoms with Crippen LogP contribution >= 0.6 is 0 Å². The molecule has 0 aromatic rings. The average molecular weight is 389 g/mol. The van der Waals surface area contributed by atoms with Gasteiger partial charge in [-0.25, -0.2) is 0 Å². The van der Waals surface area contributed by atoms with Crippen LogP contribution in [-0.4, -0.2) is 13.9 Å². The lowest BCUT2D eigenvalue weighted by molar-refractivity contribution is -0.113. The predicted molar refractivity (Wildman–Crippen MR) is 123 cm³/mol. The molecule has 0 heterocycles. The molecule has 0 N–H and O–H groups in total. The molecule has 2 heteroatoms. The first-order valence-electron chi connectivity index (χ1n) is 11.5. The van der Waals surface area contributed by atoms with Crippen LogP contribution < -0.4 is 0 Å². The molecule has 0 aliphatic carbocycles.